The largest absolute Gasteiger partial charge is 0.507 e. The van der Waals surface area contributed by atoms with E-state index in [9.17, 15) is 15.2 Å². The third kappa shape index (κ3) is 4.55. The average molecular weight is 566 g/mol. The van der Waals surface area contributed by atoms with Gasteiger partial charge in [0, 0.05) is 37.3 Å². The number of nitriles is 1. The fourth-order valence-electron chi connectivity index (χ4n) is 6.14. The summed E-state index contributed by atoms with van der Waals surface area (Å²) in [6.07, 6.45) is 1.33. The highest BCUT2D eigenvalue weighted by atomic mass is 35.5. The lowest BCUT2D eigenvalue weighted by Crippen LogP contribution is -2.58. The van der Waals surface area contributed by atoms with Crippen LogP contribution in [0.3, 0.4) is 0 Å². The number of phenols is 1. The summed E-state index contributed by atoms with van der Waals surface area (Å²) in [6.45, 7) is 9.92. The van der Waals surface area contributed by atoms with Gasteiger partial charge in [0.15, 0.2) is 5.75 Å². The van der Waals surface area contributed by atoms with E-state index in [1.54, 1.807) is 11.0 Å². The molecule has 0 saturated carbocycles. The highest BCUT2D eigenvalue weighted by Crippen LogP contribution is 2.54. The minimum atomic E-state index is -0.613. The SMILES string of the molecule is C=CC(=O)N1C[C@H](C)N(C2=C(C#N)CN3c4c2cc(Cl)c(-c2c(O)cccc2F)c4OC[C@H]3CN(C)C)C[C@H]1C. The first kappa shape index (κ1) is 27.8. The van der Waals surface area contributed by atoms with E-state index in [2.05, 4.69) is 27.3 Å². The van der Waals surface area contributed by atoms with Crippen LogP contribution in [0.5, 0.6) is 11.5 Å². The van der Waals surface area contributed by atoms with Gasteiger partial charge < -0.3 is 29.4 Å². The summed E-state index contributed by atoms with van der Waals surface area (Å²) in [5, 5.41) is 21.3. The van der Waals surface area contributed by atoms with Gasteiger partial charge in [0.2, 0.25) is 5.91 Å². The summed E-state index contributed by atoms with van der Waals surface area (Å²) in [4.78, 5) is 20.6. The van der Waals surface area contributed by atoms with Gasteiger partial charge in [-0.25, -0.2) is 4.39 Å². The maximum atomic E-state index is 15.1. The van der Waals surface area contributed by atoms with E-state index in [1.807, 2.05) is 27.9 Å². The molecule has 40 heavy (non-hydrogen) atoms. The van der Waals surface area contributed by atoms with E-state index in [1.165, 1.54) is 24.3 Å². The Morgan fingerprint density at radius 3 is 2.67 bits per heavy atom. The summed E-state index contributed by atoms with van der Waals surface area (Å²) >= 11 is 6.89. The number of halogens is 2. The van der Waals surface area contributed by atoms with E-state index >= 15 is 4.39 Å². The zero-order valence-corrected chi connectivity index (χ0v) is 23.9. The molecule has 0 spiro atoms. The molecule has 1 amide bonds. The lowest BCUT2D eigenvalue weighted by atomic mass is 9.89. The molecular formula is C30H33ClFN5O3. The Labute approximate surface area is 239 Å². The lowest BCUT2D eigenvalue weighted by molar-refractivity contribution is -0.130. The molecule has 2 aromatic rings. The first-order chi connectivity index (χ1) is 19.1. The summed E-state index contributed by atoms with van der Waals surface area (Å²) in [5.74, 6) is -0.594. The van der Waals surface area contributed by atoms with Gasteiger partial charge in [-0.3, -0.25) is 4.79 Å². The Morgan fingerprint density at radius 2 is 2.02 bits per heavy atom. The Kier molecular flexibility index (Phi) is 7.42. The highest BCUT2D eigenvalue weighted by molar-refractivity contribution is 6.34. The molecule has 5 rings (SSSR count). The number of ether oxygens (including phenoxy) is 1. The van der Waals surface area contributed by atoms with Gasteiger partial charge in [-0.2, -0.15) is 5.26 Å². The monoisotopic (exact) mass is 565 g/mol. The van der Waals surface area contributed by atoms with Crippen LogP contribution < -0.4 is 9.64 Å². The molecular weight excluding hydrogens is 533 g/mol. The van der Waals surface area contributed by atoms with Crippen LogP contribution in [0.15, 0.2) is 42.5 Å². The van der Waals surface area contributed by atoms with E-state index < -0.39 is 5.82 Å². The maximum absolute atomic E-state index is 15.1. The van der Waals surface area contributed by atoms with Crippen molar-refractivity contribution in [3.8, 4) is 28.7 Å². The fourth-order valence-corrected chi connectivity index (χ4v) is 6.42. The Balaban J connectivity index is 1.72. The Morgan fingerprint density at radius 1 is 1.27 bits per heavy atom. The number of carbonyl (C=O) groups excluding carboxylic acids is 1. The third-order valence-corrected chi connectivity index (χ3v) is 8.21. The zero-order chi connectivity index (χ0) is 28.9. The quantitative estimate of drug-likeness (QED) is 0.540. The van der Waals surface area contributed by atoms with Crippen molar-refractivity contribution in [2.24, 2.45) is 0 Å². The number of anilines is 1. The number of phenolic OH excluding ortho intramolecular Hbond substituents is 1. The molecule has 10 heteroatoms. The van der Waals surface area contributed by atoms with Crippen molar-refractivity contribution in [2.45, 2.75) is 32.0 Å². The summed E-state index contributed by atoms with van der Waals surface area (Å²) in [6, 6.07) is 8.03. The zero-order valence-electron chi connectivity index (χ0n) is 23.1. The third-order valence-electron chi connectivity index (χ3n) is 7.91. The molecule has 3 aliphatic rings. The van der Waals surface area contributed by atoms with Crippen LogP contribution in [0.4, 0.5) is 10.1 Å². The molecule has 0 unspecified atom stereocenters. The number of nitrogens with zero attached hydrogens (tertiary/aromatic N) is 5. The van der Waals surface area contributed by atoms with E-state index in [4.69, 9.17) is 16.3 Å². The summed E-state index contributed by atoms with van der Waals surface area (Å²) in [5.41, 5.74) is 3.02. The van der Waals surface area contributed by atoms with Gasteiger partial charge in [0.05, 0.1) is 51.8 Å². The number of likely N-dealkylation sites (N-methyl/N-ethyl adjacent to an activating group) is 1. The van der Waals surface area contributed by atoms with E-state index in [0.29, 0.717) is 49.7 Å². The van der Waals surface area contributed by atoms with Crippen LogP contribution >= 0.6 is 11.6 Å². The maximum Gasteiger partial charge on any atom is 0.246 e. The van der Waals surface area contributed by atoms with Gasteiger partial charge in [0.25, 0.3) is 0 Å². The Hall–Kier alpha value is -3.74. The first-order valence-electron chi connectivity index (χ1n) is 13.3. The fraction of sp³-hybridized carbons (Fsp3) is 0.400. The number of benzene rings is 2. The van der Waals surface area contributed by atoms with Gasteiger partial charge in [0.1, 0.15) is 18.2 Å². The minimum absolute atomic E-state index is 0.0218. The van der Waals surface area contributed by atoms with Crippen LogP contribution in [-0.4, -0.2) is 90.7 Å². The topological polar surface area (TPSA) is 83.3 Å². The number of amides is 1. The van der Waals surface area contributed by atoms with Gasteiger partial charge in [-0.1, -0.05) is 24.2 Å². The van der Waals surface area contributed by atoms with Crippen molar-refractivity contribution in [1.82, 2.24) is 14.7 Å². The second-order valence-electron chi connectivity index (χ2n) is 10.9. The molecule has 0 radical (unpaired) electrons. The van der Waals surface area contributed by atoms with Gasteiger partial charge >= 0.3 is 0 Å². The van der Waals surface area contributed by atoms with Crippen LogP contribution in [0, 0.1) is 17.1 Å². The van der Waals surface area contributed by atoms with Crippen LogP contribution in [0.1, 0.15) is 19.4 Å². The standard InChI is InChI=1S/C30H33ClFN5O3/c1-6-25(39)35-12-18(3)36(13-17(35)2)28-19(11-33)14-37-20(15-34(4)5)16-40-30-26(22(31)10-21(28)29(30)37)27-23(32)8-7-9-24(27)38/h6-10,17-18,20,38H,1,12-16H2,2-5H3/t17-,18+,20-/m1/s1. The minimum Gasteiger partial charge on any atom is -0.507 e. The Bertz CT molecular complexity index is 1430. The molecule has 3 aliphatic heterocycles. The molecule has 0 bridgehead atoms. The number of hydrogen-bond donors (Lipinski definition) is 1. The second-order valence-corrected chi connectivity index (χ2v) is 11.3. The van der Waals surface area contributed by atoms with Crippen molar-refractivity contribution >= 4 is 28.9 Å². The second kappa shape index (κ2) is 10.7. The van der Waals surface area contributed by atoms with Crippen molar-refractivity contribution in [3.05, 3.63) is 58.9 Å². The summed E-state index contributed by atoms with van der Waals surface area (Å²) in [7, 11) is 3.95. The summed E-state index contributed by atoms with van der Waals surface area (Å²) < 4.78 is 21.5. The lowest BCUT2D eigenvalue weighted by Gasteiger charge is -2.50. The smallest absolute Gasteiger partial charge is 0.246 e. The molecule has 8 nitrogen and oxygen atoms in total. The average Bonchev–Trinajstić information content (AvgIpc) is 2.91. The number of aromatic hydroxyl groups is 1. The molecule has 3 atom stereocenters. The number of carbonyl (C=O) groups is 1. The van der Waals surface area contributed by atoms with Crippen molar-refractivity contribution < 1.29 is 19.0 Å². The molecule has 0 aliphatic carbocycles. The molecule has 2 aromatic carbocycles. The number of rotatable bonds is 5. The van der Waals surface area contributed by atoms with Gasteiger partial charge in [-0.15, -0.1) is 0 Å². The molecule has 3 heterocycles. The highest BCUT2D eigenvalue weighted by Gasteiger charge is 2.42. The molecule has 1 saturated heterocycles. The van der Waals surface area contributed by atoms with Crippen LogP contribution in [-0.2, 0) is 4.79 Å². The van der Waals surface area contributed by atoms with Crippen molar-refractivity contribution in [3.63, 3.8) is 0 Å². The van der Waals surface area contributed by atoms with E-state index in [0.717, 1.165) is 11.4 Å². The normalized spacial score (nSPS) is 22.1. The van der Waals surface area contributed by atoms with E-state index in [-0.39, 0.29) is 45.9 Å². The number of piperazine rings is 1. The van der Waals surface area contributed by atoms with Crippen LogP contribution in [0.25, 0.3) is 16.8 Å². The van der Waals surface area contributed by atoms with Crippen molar-refractivity contribution in [2.75, 3.05) is 51.8 Å². The molecule has 210 valence electrons. The first-order valence-corrected chi connectivity index (χ1v) is 13.7. The predicted octanol–water partition coefficient (Wildman–Crippen LogP) is 4.34. The van der Waals surface area contributed by atoms with Gasteiger partial charge in [-0.05, 0) is 52.2 Å². The molecule has 1 fully saturated rings. The van der Waals surface area contributed by atoms with Crippen molar-refractivity contribution in [1.29, 1.82) is 5.26 Å². The number of hydrogen-bond acceptors (Lipinski definition) is 7. The predicted molar refractivity (Wildman–Crippen MR) is 154 cm³/mol. The molecule has 1 N–H and O–H groups in total. The van der Waals surface area contributed by atoms with Crippen LogP contribution in [0.2, 0.25) is 5.02 Å². The molecule has 0 aromatic heterocycles.